The molecule has 0 aliphatic carbocycles. The van der Waals surface area contributed by atoms with Gasteiger partial charge in [-0.3, -0.25) is 0 Å². The largest absolute Gasteiger partial charge is 0.266 e. The summed E-state index contributed by atoms with van der Waals surface area (Å²) in [4.78, 5) is 3.73. The van der Waals surface area contributed by atoms with Gasteiger partial charge in [0, 0.05) is 5.33 Å². The molecule has 0 saturated carbocycles. The lowest BCUT2D eigenvalue weighted by atomic mass is 10.2. The van der Waals surface area contributed by atoms with E-state index in [0.717, 1.165) is 0 Å². The molecule has 0 unspecified atom stereocenters. The molecule has 1 heterocycles. The first-order valence-corrected chi connectivity index (χ1v) is 5.45. The van der Waals surface area contributed by atoms with E-state index < -0.39 is 6.43 Å². The highest BCUT2D eigenvalue weighted by molar-refractivity contribution is 9.10. The number of alkyl halides is 3. The lowest BCUT2D eigenvalue weighted by molar-refractivity contribution is 0.150. The van der Waals surface area contributed by atoms with Gasteiger partial charge < -0.3 is 0 Å². The topological polar surface area (TPSA) is 36.7 Å². The average Bonchev–Trinajstić information content (AvgIpc) is 2.16. The van der Waals surface area contributed by atoms with Gasteiger partial charge in [0.15, 0.2) is 0 Å². The van der Waals surface area contributed by atoms with Crippen molar-refractivity contribution in [3.05, 3.63) is 27.5 Å². The fraction of sp³-hybridized carbons (Fsp3) is 0.250. The summed E-state index contributed by atoms with van der Waals surface area (Å²) in [6, 6.07) is 3.11. The van der Waals surface area contributed by atoms with Gasteiger partial charge in [-0.05, 0) is 27.6 Å². The van der Waals surface area contributed by atoms with E-state index in [2.05, 4.69) is 36.8 Å². The fourth-order valence-corrected chi connectivity index (χ4v) is 1.79. The number of aromatic nitrogens is 1. The molecule has 1 rings (SSSR count). The number of nitrogens with zero attached hydrogens (tertiary/aromatic N) is 2. The highest BCUT2D eigenvalue weighted by Gasteiger charge is 2.16. The molecule has 14 heavy (non-hydrogen) atoms. The Kier molecular flexibility index (Phi) is 3.96. The van der Waals surface area contributed by atoms with Crippen molar-refractivity contribution in [2.45, 2.75) is 11.8 Å². The van der Waals surface area contributed by atoms with Gasteiger partial charge >= 0.3 is 0 Å². The van der Waals surface area contributed by atoms with Crippen molar-refractivity contribution in [2.75, 3.05) is 0 Å². The van der Waals surface area contributed by atoms with Crippen LogP contribution >= 0.6 is 31.9 Å². The summed E-state index contributed by atoms with van der Waals surface area (Å²) in [6.07, 6.45) is -2.59. The zero-order chi connectivity index (χ0) is 10.7. The minimum Gasteiger partial charge on any atom is -0.229 e. The third-order valence-electron chi connectivity index (χ3n) is 1.57. The predicted molar refractivity (Wildman–Crippen MR) is 54.2 cm³/mol. The van der Waals surface area contributed by atoms with Gasteiger partial charge in [-0.2, -0.15) is 5.26 Å². The molecule has 0 aliphatic rings. The molecule has 0 amide bonds. The van der Waals surface area contributed by atoms with Crippen molar-refractivity contribution in [1.82, 2.24) is 4.98 Å². The minimum absolute atomic E-state index is 0.0220. The van der Waals surface area contributed by atoms with Crippen LogP contribution in [0.3, 0.4) is 0 Å². The van der Waals surface area contributed by atoms with E-state index in [9.17, 15) is 8.78 Å². The Morgan fingerprint density at radius 3 is 2.64 bits per heavy atom. The SMILES string of the molecule is N#Cc1nc(Br)c(C(F)F)cc1CBr. The van der Waals surface area contributed by atoms with Crippen LogP contribution in [0.5, 0.6) is 0 Å². The number of rotatable bonds is 2. The molecule has 0 fully saturated rings. The lowest BCUT2D eigenvalue weighted by Gasteiger charge is -2.05. The summed E-state index contributed by atoms with van der Waals surface area (Å²) in [5, 5.41) is 8.99. The first kappa shape index (κ1) is 11.5. The Labute approximate surface area is 96.2 Å². The van der Waals surface area contributed by atoms with Crippen molar-refractivity contribution in [2.24, 2.45) is 0 Å². The average molecular weight is 326 g/mol. The third-order valence-corrected chi connectivity index (χ3v) is 2.81. The molecule has 0 aromatic carbocycles. The van der Waals surface area contributed by atoms with Crippen LogP contribution in [0, 0.1) is 11.3 Å². The summed E-state index contributed by atoms with van der Waals surface area (Å²) in [7, 11) is 0. The second-order valence-electron chi connectivity index (χ2n) is 2.42. The van der Waals surface area contributed by atoms with Crippen LogP contribution in [0.25, 0.3) is 0 Å². The zero-order valence-electron chi connectivity index (χ0n) is 6.77. The third kappa shape index (κ3) is 2.28. The molecule has 1 aromatic rings. The smallest absolute Gasteiger partial charge is 0.229 e. The molecule has 0 radical (unpaired) electrons. The van der Waals surface area contributed by atoms with Gasteiger partial charge in [-0.15, -0.1) is 0 Å². The maximum atomic E-state index is 12.4. The summed E-state index contributed by atoms with van der Waals surface area (Å²) in [5.41, 5.74) is 0.419. The van der Waals surface area contributed by atoms with Crippen molar-refractivity contribution < 1.29 is 8.78 Å². The van der Waals surface area contributed by atoms with Crippen LogP contribution < -0.4 is 0 Å². The summed E-state index contributed by atoms with van der Waals surface area (Å²) in [5.74, 6) is 0. The molecule has 0 bridgehead atoms. The molecule has 0 N–H and O–H groups in total. The maximum Gasteiger partial charge on any atom is 0.266 e. The Morgan fingerprint density at radius 2 is 2.21 bits per heavy atom. The van der Waals surface area contributed by atoms with Crippen molar-refractivity contribution in [3.63, 3.8) is 0 Å². The van der Waals surface area contributed by atoms with Crippen LogP contribution in [-0.2, 0) is 5.33 Å². The van der Waals surface area contributed by atoms with Gasteiger partial charge in [0.1, 0.15) is 16.4 Å². The second-order valence-corrected chi connectivity index (χ2v) is 3.73. The highest BCUT2D eigenvalue weighted by atomic mass is 79.9. The Bertz CT molecular complexity index is 387. The molecule has 0 saturated heterocycles. The molecule has 0 spiro atoms. The number of nitriles is 1. The van der Waals surface area contributed by atoms with E-state index in [4.69, 9.17) is 5.26 Å². The van der Waals surface area contributed by atoms with E-state index in [1.807, 2.05) is 6.07 Å². The molecule has 0 aliphatic heterocycles. The minimum atomic E-state index is -2.59. The van der Waals surface area contributed by atoms with Crippen molar-refractivity contribution in [3.8, 4) is 6.07 Å². The zero-order valence-corrected chi connectivity index (χ0v) is 9.94. The van der Waals surface area contributed by atoms with Gasteiger partial charge in [-0.25, -0.2) is 13.8 Å². The van der Waals surface area contributed by atoms with Crippen LogP contribution in [0.4, 0.5) is 8.78 Å². The normalized spacial score (nSPS) is 10.3. The van der Waals surface area contributed by atoms with Crippen LogP contribution in [-0.4, -0.2) is 4.98 Å². The molecule has 2 nitrogen and oxygen atoms in total. The molecule has 6 heteroatoms. The van der Waals surface area contributed by atoms with Crippen molar-refractivity contribution in [1.29, 1.82) is 5.26 Å². The van der Waals surface area contributed by atoms with Crippen LogP contribution in [0.2, 0.25) is 0 Å². The molecule has 1 aromatic heterocycles. The van der Waals surface area contributed by atoms with Crippen molar-refractivity contribution >= 4 is 31.9 Å². The quantitative estimate of drug-likeness (QED) is 0.616. The van der Waals surface area contributed by atoms with E-state index >= 15 is 0 Å². The summed E-state index contributed by atoms with van der Waals surface area (Å²) >= 11 is 6.00. The number of hydrogen-bond acceptors (Lipinski definition) is 2. The van der Waals surface area contributed by atoms with E-state index in [1.165, 1.54) is 6.07 Å². The van der Waals surface area contributed by atoms with E-state index in [1.54, 1.807) is 0 Å². The summed E-state index contributed by atoms with van der Waals surface area (Å²) in [6.45, 7) is 0. The fourth-order valence-electron chi connectivity index (χ4n) is 0.902. The predicted octanol–water partition coefficient (Wildman–Crippen LogP) is 3.55. The molecular weight excluding hydrogens is 322 g/mol. The van der Waals surface area contributed by atoms with E-state index in [-0.39, 0.29) is 15.9 Å². The van der Waals surface area contributed by atoms with Gasteiger partial charge in [-0.1, -0.05) is 15.9 Å². The van der Waals surface area contributed by atoms with Gasteiger partial charge in [0.25, 0.3) is 6.43 Å². The number of pyridine rings is 1. The highest BCUT2D eigenvalue weighted by Crippen LogP contribution is 2.28. The van der Waals surface area contributed by atoms with E-state index in [0.29, 0.717) is 10.9 Å². The van der Waals surface area contributed by atoms with Crippen LogP contribution in [0.1, 0.15) is 23.2 Å². The Balaban J connectivity index is 3.32. The second kappa shape index (κ2) is 4.80. The Morgan fingerprint density at radius 1 is 1.57 bits per heavy atom. The Hall–Kier alpha value is -0.540. The maximum absolute atomic E-state index is 12.4. The number of halogens is 4. The molecular formula is C8H4Br2F2N2. The molecule has 0 atom stereocenters. The monoisotopic (exact) mass is 324 g/mol. The van der Waals surface area contributed by atoms with Gasteiger partial charge in [0.05, 0.1) is 5.56 Å². The number of hydrogen-bond donors (Lipinski definition) is 0. The standard InChI is InChI=1S/C8H4Br2F2N2/c9-2-4-1-5(8(11)12)7(10)14-6(4)3-13/h1,8H,2H2. The first-order valence-electron chi connectivity index (χ1n) is 3.53. The lowest BCUT2D eigenvalue weighted by Crippen LogP contribution is -1.97. The van der Waals surface area contributed by atoms with Crippen LogP contribution in [0.15, 0.2) is 10.7 Å². The molecule has 74 valence electrons. The van der Waals surface area contributed by atoms with Gasteiger partial charge in [0.2, 0.25) is 0 Å². The first-order chi connectivity index (χ1) is 6.60. The summed E-state index contributed by atoms with van der Waals surface area (Å²) < 4.78 is 24.8.